The number of ether oxygens (including phenoxy) is 3. The van der Waals surface area contributed by atoms with Crippen LogP contribution in [0.2, 0.25) is 0 Å². The summed E-state index contributed by atoms with van der Waals surface area (Å²) in [6, 6.07) is 0. The van der Waals surface area contributed by atoms with Gasteiger partial charge in [-0.15, -0.1) is 0 Å². The number of piperazine rings is 1. The summed E-state index contributed by atoms with van der Waals surface area (Å²) >= 11 is 0. The van der Waals surface area contributed by atoms with Gasteiger partial charge < -0.3 is 24.2 Å². The number of carbonyl (C=O) groups excluding carboxylic acids is 1. The number of hydrogen-bond donors (Lipinski definition) is 1. The van der Waals surface area contributed by atoms with Gasteiger partial charge >= 0.3 is 5.97 Å². The Balaban J connectivity index is 2.08. The second-order valence-corrected chi connectivity index (χ2v) is 5.19. The third-order valence-corrected chi connectivity index (χ3v) is 3.54. The van der Waals surface area contributed by atoms with Gasteiger partial charge in [0.2, 0.25) is 0 Å². The van der Waals surface area contributed by atoms with E-state index in [1.807, 2.05) is 0 Å². The van der Waals surface area contributed by atoms with Crippen molar-refractivity contribution in [2.75, 3.05) is 73.3 Å². The molecular formula is C14H28N2O5. The highest BCUT2D eigenvalue weighted by Gasteiger charge is 2.19. The van der Waals surface area contributed by atoms with Gasteiger partial charge in [0.1, 0.15) is 0 Å². The van der Waals surface area contributed by atoms with Gasteiger partial charge in [-0.25, -0.2) is 0 Å². The molecule has 0 amide bonds. The summed E-state index contributed by atoms with van der Waals surface area (Å²) in [5, 5.41) is 9.89. The Kier molecular flexibility index (Phi) is 9.53. The molecule has 124 valence electrons. The van der Waals surface area contributed by atoms with E-state index in [0.717, 1.165) is 32.7 Å². The van der Waals surface area contributed by atoms with Gasteiger partial charge in [-0.05, 0) is 0 Å². The van der Waals surface area contributed by atoms with Gasteiger partial charge in [0.25, 0.3) is 0 Å². The minimum absolute atomic E-state index is 0.166. The number of carbonyl (C=O) groups is 1. The smallest absolute Gasteiger partial charge is 0.306 e. The summed E-state index contributed by atoms with van der Waals surface area (Å²) in [5.74, 6) is -0.166. The molecule has 1 aliphatic heterocycles. The van der Waals surface area contributed by atoms with E-state index in [0.29, 0.717) is 32.8 Å². The first-order chi connectivity index (χ1) is 10.2. The number of nitrogens with zero attached hydrogens (tertiary/aromatic N) is 2. The molecule has 0 aromatic carbocycles. The minimum atomic E-state index is -0.469. The van der Waals surface area contributed by atoms with Crippen LogP contribution in [0, 0.1) is 0 Å². The van der Waals surface area contributed by atoms with E-state index in [-0.39, 0.29) is 5.97 Å². The maximum atomic E-state index is 11.1. The Hall–Kier alpha value is -0.730. The summed E-state index contributed by atoms with van der Waals surface area (Å²) in [6.45, 7) is 6.38. The SMILES string of the molecule is COCCOCC(O)CN1CCN(CCC(=O)OC)CC1. The van der Waals surface area contributed by atoms with E-state index in [9.17, 15) is 9.90 Å². The van der Waals surface area contributed by atoms with Crippen molar-refractivity contribution >= 4 is 5.97 Å². The number of aliphatic hydroxyl groups is 1. The molecule has 0 saturated carbocycles. The predicted molar refractivity (Wildman–Crippen MR) is 78.2 cm³/mol. The Morgan fingerprint density at radius 3 is 2.43 bits per heavy atom. The number of methoxy groups -OCH3 is 2. The van der Waals surface area contributed by atoms with Crippen molar-refractivity contribution in [3.8, 4) is 0 Å². The molecule has 0 spiro atoms. The van der Waals surface area contributed by atoms with E-state index in [1.54, 1.807) is 7.11 Å². The normalized spacial score (nSPS) is 18.6. The summed E-state index contributed by atoms with van der Waals surface area (Å²) in [7, 11) is 3.04. The maximum absolute atomic E-state index is 11.1. The fourth-order valence-electron chi connectivity index (χ4n) is 2.26. The Labute approximate surface area is 126 Å². The monoisotopic (exact) mass is 304 g/mol. The first-order valence-corrected chi connectivity index (χ1v) is 7.42. The molecule has 21 heavy (non-hydrogen) atoms. The van der Waals surface area contributed by atoms with Crippen LogP contribution in [0.25, 0.3) is 0 Å². The number of β-amino-alcohol motifs (C(OH)–C–C–N with tert-alkyl or cyclic N) is 1. The summed E-state index contributed by atoms with van der Waals surface area (Å²) in [5.41, 5.74) is 0. The molecular weight excluding hydrogens is 276 g/mol. The Morgan fingerprint density at radius 2 is 1.81 bits per heavy atom. The Morgan fingerprint density at radius 1 is 1.14 bits per heavy atom. The minimum Gasteiger partial charge on any atom is -0.469 e. The van der Waals surface area contributed by atoms with Crippen LogP contribution < -0.4 is 0 Å². The van der Waals surface area contributed by atoms with E-state index in [1.165, 1.54) is 7.11 Å². The molecule has 1 saturated heterocycles. The quantitative estimate of drug-likeness (QED) is 0.418. The van der Waals surface area contributed by atoms with Crippen molar-refractivity contribution in [3.05, 3.63) is 0 Å². The fraction of sp³-hybridized carbons (Fsp3) is 0.929. The van der Waals surface area contributed by atoms with Crippen molar-refractivity contribution in [3.63, 3.8) is 0 Å². The third-order valence-electron chi connectivity index (χ3n) is 3.54. The molecule has 1 unspecified atom stereocenters. The largest absolute Gasteiger partial charge is 0.469 e. The Bertz CT molecular complexity index is 283. The highest BCUT2D eigenvalue weighted by Crippen LogP contribution is 2.04. The van der Waals surface area contributed by atoms with Crippen molar-refractivity contribution < 1.29 is 24.1 Å². The lowest BCUT2D eigenvalue weighted by atomic mass is 10.2. The van der Waals surface area contributed by atoms with Gasteiger partial charge in [-0.2, -0.15) is 0 Å². The number of aliphatic hydroxyl groups excluding tert-OH is 1. The number of esters is 1. The highest BCUT2D eigenvalue weighted by molar-refractivity contribution is 5.69. The van der Waals surface area contributed by atoms with Crippen molar-refractivity contribution in [2.45, 2.75) is 12.5 Å². The average molecular weight is 304 g/mol. The number of rotatable bonds is 10. The molecule has 1 fully saturated rings. The molecule has 0 aliphatic carbocycles. The van der Waals surface area contributed by atoms with E-state index in [4.69, 9.17) is 9.47 Å². The zero-order valence-electron chi connectivity index (χ0n) is 13.1. The van der Waals surface area contributed by atoms with E-state index >= 15 is 0 Å². The molecule has 1 N–H and O–H groups in total. The van der Waals surface area contributed by atoms with Crippen LogP contribution in [0.4, 0.5) is 0 Å². The molecule has 7 nitrogen and oxygen atoms in total. The van der Waals surface area contributed by atoms with Gasteiger partial charge in [0, 0.05) is 46.4 Å². The first kappa shape index (κ1) is 18.3. The second-order valence-electron chi connectivity index (χ2n) is 5.19. The van der Waals surface area contributed by atoms with Crippen LogP contribution in [0.5, 0.6) is 0 Å². The molecule has 1 atom stereocenters. The molecule has 1 heterocycles. The van der Waals surface area contributed by atoms with Crippen LogP contribution in [0.1, 0.15) is 6.42 Å². The van der Waals surface area contributed by atoms with Crippen LogP contribution in [-0.4, -0.2) is 100 Å². The van der Waals surface area contributed by atoms with Gasteiger partial charge in [-0.3, -0.25) is 9.69 Å². The van der Waals surface area contributed by atoms with Crippen molar-refractivity contribution in [1.29, 1.82) is 0 Å². The van der Waals surface area contributed by atoms with Gasteiger partial charge in [-0.1, -0.05) is 0 Å². The molecule has 0 bridgehead atoms. The number of hydrogen-bond acceptors (Lipinski definition) is 7. The molecule has 0 aromatic heterocycles. The van der Waals surface area contributed by atoms with Crippen LogP contribution >= 0.6 is 0 Å². The van der Waals surface area contributed by atoms with Gasteiger partial charge in [0.15, 0.2) is 0 Å². The lowest BCUT2D eigenvalue weighted by Gasteiger charge is -2.35. The predicted octanol–water partition coefficient (Wildman–Crippen LogP) is -0.809. The van der Waals surface area contributed by atoms with E-state index in [2.05, 4.69) is 14.5 Å². The average Bonchev–Trinajstić information content (AvgIpc) is 2.50. The zero-order chi connectivity index (χ0) is 15.5. The molecule has 1 aliphatic rings. The summed E-state index contributed by atoms with van der Waals surface area (Å²) in [4.78, 5) is 15.6. The topological polar surface area (TPSA) is 71.5 Å². The standard InChI is InChI=1S/C14H28N2O5/c1-19-9-10-21-12-13(17)11-16-7-5-15(6-8-16)4-3-14(18)20-2/h13,17H,3-12H2,1-2H3. The van der Waals surface area contributed by atoms with Crippen LogP contribution in [0.3, 0.4) is 0 Å². The summed E-state index contributed by atoms with van der Waals surface area (Å²) < 4.78 is 14.8. The van der Waals surface area contributed by atoms with Crippen LogP contribution in [-0.2, 0) is 19.0 Å². The van der Waals surface area contributed by atoms with Gasteiger partial charge in [0.05, 0.1) is 39.5 Å². The molecule has 1 rings (SSSR count). The van der Waals surface area contributed by atoms with Crippen molar-refractivity contribution in [1.82, 2.24) is 9.80 Å². The molecule has 7 heteroatoms. The third kappa shape index (κ3) is 8.33. The first-order valence-electron chi connectivity index (χ1n) is 7.42. The second kappa shape index (κ2) is 10.9. The molecule has 0 aromatic rings. The fourth-order valence-corrected chi connectivity index (χ4v) is 2.26. The lowest BCUT2D eigenvalue weighted by molar-refractivity contribution is -0.141. The highest BCUT2D eigenvalue weighted by atomic mass is 16.5. The molecule has 0 radical (unpaired) electrons. The summed E-state index contributed by atoms with van der Waals surface area (Å²) in [6.07, 6.45) is -0.0320. The van der Waals surface area contributed by atoms with E-state index < -0.39 is 6.10 Å². The zero-order valence-corrected chi connectivity index (χ0v) is 13.1. The lowest BCUT2D eigenvalue weighted by Crippen LogP contribution is -2.49. The van der Waals surface area contributed by atoms with Crippen molar-refractivity contribution in [2.24, 2.45) is 0 Å². The maximum Gasteiger partial charge on any atom is 0.306 e. The van der Waals surface area contributed by atoms with Crippen LogP contribution in [0.15, 0.2) is 0 Å².